The second-order valence-corrected chi connectivity index (χ2v) is 5.07. The SMILES string of the molecule is Cc1nc(C)c(-c2nnc(C(F)(F)F)o2)cc1-c1nnc(C(F)(F)F)o1. The lowest BCUT2D eigenvalue weighted by atomic mass is 10.1. The Morgan fingerprint density at radius 1 is 0.692 bits per heavy atom. The average Bonchev–Trinajstić information content (AvgIpc) is 3.15. The number of alkyl halides is 6. The molecule has 3 rings (SSSR count). The van der Waals surface area contributed by atoms with Crippen LogP contribution in [0, 0.1) is 13.8 Å². The Morgan fingerprint density at radius 2 is 1.08 bits per heavy atom. The van der Waals surface area contributed by atoms with Crippen LogP contribution < -0.4 is 0 Å². The molecule has 0 radical (unpaired) electrons. The molecule has 0 aliphatic carbocycles. The summed E-state index contributed by atoms with van der Waals surface area (Å²) >= 11 is 0. The molecule has 138 valence electrons. The molecule has 0 N–H and O–H groups in total. The predicted octanol–water partition coefficient (Wildman–Crippen LogP) is 3.84. The van der Waals surface area contributed by atoms with Crippen molar-refractivity contribution in [3.05, 3.63) is 29.2 Å². The summed E-state index contributed by atoms with van der Waals surface area (Å²) in [6.45, 7) is 2.91. The molecule has 0 bridgehead atoms. The number of hydrogen-bond donors (Lipinski definition) is 0. The minimum atomic E-state index is -4.84. The molecule has 3 heterocycles. The Labute approximate surface area is 140 Å². The van der Waals surface area contributed by atoms with Crippen molar-refractivity contribution in [1.82, 2.24) is 25.4 Å². The lowest BCUT2D eigenvalue weighted by Gasteiger charge is -2.06. The molecule has 0 saturated heterocycles. The number of nitrogens with zero attached hydrogens (tertiary/aromatic N) is 5. The molecule has 7 nitrogen and oxygen atoms in total. The third kappa shape index (κ3) is 3.23. The molecule has 0 amide bonds. The first-order valence-electron chi connectivity index (χ1n) is 6.77. The monoisotopic (exact) mass is 379 g/mol. The highest BCUT2D eigenvalue weighted by molar-refractivity contribution is 5.67. The molecule has 0 aromatic carbocycles. The fraction of sp³-hybridized carbons (Fsp3) is 0.308. The van der Waals surface area contributed by atoms with Crippen molar-refractivity contribution in [1.29, 1.82) is 0 Å². The van der Waals surface area contributed by atoms with Crippen molar-refractivity contribution >= 4 is 0 Å². The van der Waals surface area contributed by atoms with E-state index in [4.69, 9.17) is 0 Å². The van der Waals surface area contributed by atoms with Gasteiger partial charge >= 0.3 is 24.1 Å². The van der Waals surface area contributed by atoms with Crippen molar-refractivity contribution in [3.63, 3.8) is 0 Å². The van der Waals surface area contributed by atoms with Crippen LogP contribution in [-0.4, -0.2) is 25.4 Å². The van der Waals surface area contributed by atoms with Crippen molar-refractivity contribution in [2.75, 3.05) is 0 Å². The largest absolute Gasteiger partial charge is 0.470 e. The number of hydrogen-bond acceptors (Lipinski definition) is 7. The Hall–Kier alpha value is -2.99. The first-order chi connectivity index (χ1) is 12.0. The van der Waals surface area contributed by atoms with Gasteiger partial charge in [0.15, 0.2) is 0 Å². The van der Waals surface area contributed by atoms with E-state index < -0.39 is 35.9 Å². The summed E-state index contributed by atoms with van der Waals surface area (Å²) in [5.41, 5.74) is 0.416. The van der Waals surface area contributed by atoms with E-state index in [2.05, 4.69) is 34.2 Å². The first kappa shape index (κ1) is 17.8. The number of aryl methyl sites for hydroxylation is 2. The van der Waals surface area contributed by atoms with Gasteiger partial charge in [-0.05, 0) is 19.9 Å². The van der Waals surface area contributed by atoms with Gasteiger partial charge in [-0.15, -0.1) is 20.4 Å². The summed E-state index contributed by atoms with van der Waals surface area (Å²) in [6, 6.07) is 1.19. The minimum absolute atomic E-state index is 0.0136. The molecule has 0 fully saturated rings. The maximum Gasteiger partial charge on any atom is 0.470 e. The fourth-order valence-corrected chi connectivity index (χ4v) is 2.05. The second-order valence-electron chi connectivity index (χ2n) is 5.07. The van der Waals surface area contributed by atoms with Gasteiger partial charge in [-0.25, -0.2) is 0 Å². The highest BCUT2D eigenvalue weighted by atomic mass is 19.4. The third-order valence-electron chi connectivity index (χ3n) is 3.20. The molecule has 3 aromatic heterocycles. The van der Waals surface area contributed by atoms with Gasteiger partial charge in [-0.1, -0.05) is 0 Å². The van der Waals surface area contributed by atoms with Crippen LogP contribution in [0.5, 0.6) is 0 Å². The van der Waals surface area contributed by atoms with E-state index in [9.17, 15) is 26.3 Å². The Balaban J connectivity index is 2.08. The van der Waals surface area contributed by atoms with Gasteiger partial charge < -0.3 is 8.83 Å². The van der Waals surface area contributed by atoms with E-state index in [0.717, 1.165) is 0 Å². The predicted molar refractivity (Wildman–Crippen MR) is 70.3 cm³/mol. The van der Waals surface area contributed by atoms with Gasteiger partial charge in [0, 0.05) is 0 Å². The summed E-state index contributed by atoms with van der Waals surface area (Å²) < 4.78 is 84.7. The molecule has 0 saturated carbocycles. The van der Waals surface area contributed by atoms with Gasteiger partial charge in [0.1, 0.15) is 0 Å². The highest BCUT2D eigenvalue weighted by Crippen LogP contribution is 2.35. The van der Waals surface area contributed by atoms with Gasteiger partial charge in [0.2, 0.25) is 11.8 Å². The van der Waals surface area contributed by atoms with Crippen LogP contribution in [0.2, 0.25) is 0 Å². The third-order valence-corrected chi connectivity index (χ3v) is 3.20. The standard InChI is InChI=1S/C13H7F6N5O2/c1-4-6(8-21-23-10(25-8)12(14,15)16)3-7(5(2)20-4)9-22-24-11(26-9)13(17,18)19/h3H,1-2H3. The normalized spacial score (nSPS) is 12.6. The van der Waals surface area contributed by atoms with Crippen molar-refractivity contribution < 1.29 is 35.2 Å². The average molecular weight is 379 g/mol. The van der Waals surface area contributed by atoms with Crippen molar-refractivity contribution in [3.8, 4) is 22.9 Å². The zero-order valence-electron chi connectivity index (χ0n) is 12.9. The summed E-state index contributed by atoms with van der Waals surface area (Å²) in [7, 11) is 0. The number of rotatable bonds is 2. The Kier molecular flexibility index (Phi) is 3.96. The quantitative estimate of drug-likeness (QED) is 0.625. The summed E-state index contributed by atoms with van der Waals surface area (Å²) in [4.78, 5) is 4.05. The first-order valence-corrected chi connectivity index (χ1v) is 6.77. The van der Waals surface area contributed by atoms with Crippen LogP contribution in [0.1, 0.15) is 23.2 Å². The smallest absolute Gasteiger partial charge is 0.413 e. The maximum absolute atomic E-state index is 12.6. The number of pyridine rings is 1. The molecule has 0 aliphatic heterocycles. The van der Waals surface area contributed by atoms with Crippen LogP contribution in [0.4, 0.5) is 26.3 Å². The molecular formula is C13H7F6N5O2. The van der Waals surface area contributed by atoms with E-state index in [1.54, 1.807) is 0 Å². The Bertz CT molecular complexity index is 885. The van der Waals surface area contributed by atoms with E-state index in [0.29, 0.717) is 0 Å². The van der Waals surface area contributed by atoms with Crippen LogP contribution in [0.15, 0.2) is 14.9 Å². The van der Waals surface area contributed by atoms with Crippen molar-refractivity contribution in [2.24, 2.45) is 0 Å². The zero-order valence-corrected chi connectivity index (χ0v) is 12.9. The maximum atomic E-state index is 12.6. The van der Waals surface area contributed by atoms with Crippen LogP contribution in [0.25, 0.3) is 22.9 Å². The molecule has 26 heavy (non-hydrogen) atoms. The molecular weight excluding hydrogens is 372 g/mol. The molecule has 0 unspecified atom stereocenters. The van der Waals surface area contributed by atoms with Crippen LogP contribution >= 0.6 is 0 Å². The number of aromatic nitrogens is 5. The number of halogens is 6. The summed E-state index contributed by atoms with van der Waals surface area (Å²) in [6.07, 6.45) is -9.68. The minimum Gasteiger partial charge on any atom is -0.413 e. The Morgan fingerprint density at radius 3 is 1.38 bits per heavy atom. The van der Waals surface area contributed by atoms with Gasteiger partial charge in [0.25, 0.3) is 0 Å². The molecule has 3 aromatic rings. The van der Waals surface area contributed by atoms with Gasteiger partial charge in [0.05, 0.1) is 22.5 Å². The zero-order chi connectivity index (χ0) is 19.3. The summed E-state index contributed by atoms with van der Waals surface area (Å²) in [5.74, 6) is -4.13. The van der Waals surface area contributed by atoms with E-state index in [-0.39, 0.29) is 22.5 Å². The molecule has 0 aliphatic rings. The van der Waals surface area contributed by atoms with E-state index in [1.165, 1.54) is 19.9 Å². The van der Waals surface area contributed by atoms with Crippen LogP contribution in [-0.2, 0) is 12.4 Å². The fourth-order valence-electron chi connectivity index (χ4n) is 2.05. The topological polar surface area (TPSA) is 90.7 Å². The second kappa shape index (κ2) is 5.78. The summed E-state index contributed by atoms with van der Waals surface area (Å²) in [5, 5.41) is 12.4. The highest BCUT2D eigenvalue weighted by Gasteiger charge is 2.39. The van der Waals surface area contributed by atoms with Crippen molar-refractivity contribution in [2.45, 2.75) is 26.2 Å². The van der Waals surface area contributed by atoms with E-state index in [1.807, 2.05) is 0 Å². The van der Waals surface area contributed by atoms with Gasteiger partial charge in [-0.3, -0.25) is 4.98 Å². The lowest BCUT2D eigenvalue weighted by Crippen LogP contribution is -2.04. The van der Waals surface area contributed by atoms with E-state index >= 15 is 0 Å². The van der Waals surface area contributed by atoms with Gasteiger partial charge in [-0.2, -0.15) is 26.3 Å². The molecule has 0 spiro atoms. The molecule has 13 heteroatoms. The lowest BCUT2D eigenvalue weighted by molar-refractivity contribution is -0.157. The van der Waals surface area contributed by atoms with Crippen LogP contribution in [0.3, 0.4) is 0 Å². The molecule has 0 atom stereocenters.